The molecule has 0 bridgehead atoms. The summed E-state index contributed by atoms with van der Waals surface area (Å²) in [6.45, 7) is 0. The van der Waals surface area contributed by atoms with Crippen molar-refractivity contribution in [1.82, 2.24) is 10.8 Å². The molecule has 0 heterocycles. The molecule has 6 saturated carbocycles. The lowest BCUT2D eigenvalue weighted by atomic mass is 9.66. The summed E-state index contributed by atoms with van der Waals surface area (Å²) in [5.41, 5.74) is 2.41. The molecule has 0 aromatic heterocycles. The number of ether oxygens (including phenoxy) is 3. The van der Waals surface area contributed by atoms with Crippen LogP contribution in [-0.4, -0.2) is 104 Å². The van der Waals surface area contributed by atoms with Crippen LogP contribution in [-0.2, 0) is 38.2 Å². The average Bonchev–Trinajstić information content (AvgIpc) is 3.20. The van der Waals surface area contributed by atoms with Gasteiger partial charge in [0.2, 0.25) is 5.91 Å². The summed E-state index contributed by atoms with van der Waals surface area (Å²) in [7, 11) is 0. The van der Waals surface area contributed by atoms with Crippen LogP contribution < -0.4 is 10.8 Å². The third-order valence-corrected chi connectivity index (χ3v) is 14.7. The lowest BCUT2D eigenvalue weighted by Crippen LogP contribution is -2.49. The van der Waals surface area contributed by atoms with Crippen molar-refractivity contribution in [3.63, 3.8) is 0 Å². The monoisotopic (exact) mass is 806 g/mol. The Labute approximate surface area is 335 Å². The molecule has 0 aromatic carbocycles. The first-order valence-electron chi connectivity index (χ1n) is 22.0. The van der Waals surface area contributed by atoms with Crippen molar-refractivity contribution >= 4 is 29.8 Å². The Hall–Kier alpha value is -2.85. The van der Waals surface area contributed by atoms with Gasteiger partial charge >= 0.3 is 23.9 Å². The van der Waals surface area contributed by atoms with Gasteiger partial charge in [-0.15, -0.1) is 0 Å². The number of hydrogen-bond donors (Lipinski definition) is 7. The van der Waals surface area contributed by atoms with E-state index in [1.54, 1.807) is 0 Å². The number of carbonyl (C=O) groups is 5. The fourth-order valence-corrected chi connectivity index (χ4v) is 11.3. The Kier molecular flexibility index (Phi) is 15.7. The minimum Gasteiger partial charge on any atom is -0.481 e. The topological polar surface area (TPSA) is 238 Å². The average molecular weight is 807 g/mol. The van der Waals surface area contributed by atoms with Gasteiger partial charge in [0, 0.05) is 12.1 Å². The number of aliphatic carboxylic acids is 4. The zero-order chi connectivity index (χ0) is 40.6. The number of amides is 1. The highest BCUT2D eigenvalue weighted by molar-refractivity contribution is 5.86. The lowest BCUT2D eigenvalue weighted by Gasteiger charge is -2.42. The zero-order valence-electron chi connectivity index (χ0n) is 33.2. The van der Waals surface area contributed by atoms with Crippen molar-refractivity contribution in [3.05, 3.63) is 0 Å². The highest BCUT2D eigenvalue weighted by Crippen LogP contribution is 2.42. The molecular weight excluding hydrogens is 740 g/mol. The van der Waals surface area contributed by atoms with Crippen LogP contribution in [0, 0.1) is 41.4 Å². The molecule has 0 aliphatic heterocycles. The highest BCUT2D eigenvalue weighted by atomic mass is 16.5. The van der Waals surface area contributed by atoms with E-state index in [0.29, 0.717) is 12.8 Å². The largest absolute Gasteiger partial charge is 0.481 e. The maximum atomic E-state index is 13.1. The zero-order valence-corrected chi connectivity index (χ0v) is 33.2. The minimum atomic E-state index is -1.04. The smallest absolute Gasteiger partial charge is 0.307 e. The van der Waals surface area contributed by atoms with E-state index < -0.39 is 65.4 Å². The number of hydroxylamine groups is 1. The van der Waals surface area contributed by atoms with Gasteiger partial charge in [-0.3, -0.25) is 24.0 Å². The lowest BCUT2D eigenvalue weighted by molar-refractivity contribution is -0.154. The van der Waals surface area contributed by atoms with Crippen molar-refractivity contribution < 1.29 is 63.8 Å². The standard InChI is InChI=1S/C42H66N2O13/c45-38(36-22-25(40(48)49)4-20-34(36)42(52)53)43-26-5-9-28(10-6-26)56-30-13-17-32(18-14-30)57-31-15-11-29(12-16-31)55-27-7-1-23(2-8-27)37(44-54)35-21-24(39(46)47)3-19-33(35)41(50)51/h23-37,44,54H,1-22H2,(H,43,45)(H,46,47)(H,48,49)(H,50,51)(H,52,53). The third kappa shape index (κ3) is 11.7. The van der Waals surface area contributed by atoms with Crippen LogP contribution in [0.3, 0.4) is 0 Å². The molecule has 15 heteroatoms. The molecule has 7 unspecified atom stereocenters. The molecule has 1 amide bonds. The number of hydrogen-bond acceptors (Lipinski definition) is 10. The molecule has 57 heavy (non-hydrogen) atoms. The maximum absolute atomic E-state index is 13.1. The number of carboxylic acid groups (broad SMARTS) is 4. The van der Waals surface area contributed by atoms with Crippen molar-refractivity contribution in [1.29, 1.82) is 0 Å². The van der Waals surface area contributed by atoms with Crippen LogP contribution in [0.5, 0.6) is 0 Å². The first-order chi connectivity index (χ1) is 27.4. The van der Waals surface area contributed by atoms with Gasteiger partial charge in [0.05, 0.1) is 66.2 Å². The van der Waals surface area contributed by atoms with E-state index in [2.05, 4.69) is 10.8 Å². The Morgan fingerprint density at radius 3 is 1.23 bits per heavy atom. The van der Waals surface area contributed by atoms with E-state index in [1.165, 1.54) is 0 Å². The summed E-state index contributed by atoms with van der Waals surface area (Å²) in [5, 5.41) is 51.7. The van der Waals surface area contributed by atoms with Gasteiger partial charge in [0.15, 0.2) is 0 Å². The van der Waals surface area contributed by atoms with Crippen LogP contribution in [0.15, 0.2) is 0 Å². The summed E-state index contributed by atoms with van der Waals surface area (Å²) in [6.07, 6.45) is 16.6. The Morgan fingerprint density at radius 1 is 0.439 bits per heavy atom. The summed E-state index contributed by atoms with van der Waals surface area (Å²) in [5.74, 6) is -8.13. The van der Waals surface area contributed by atoms with Crippen molar-refractivity contribution in [3.8, 4) is 0 Å². The summed E-state index contributed by atoms with van der Waals surface area (Å²) in [4.78, 5) is 60.1. The Bertz CT molecular complexity index is 1370. The van der Waals surface area contributed by atoms with Gasteiger partial charge < -0.3 is 45.2 Å². The number of rotatable bonds is 15. The van der Waals surface area contributed by atoms with Crippen molar-refractivity contribution in [2.45, 2.75) is 190 Å². The molecule has 15 nitrogen and oxygen atoms in total. The second-order valence-corrected chi connectivity index (χ2v) is 18.2. The normalized spacial score (nSPS) is 39.7. The molecule has 322 valence electrons. The predicted octanol–water partition coefficient (Wildman–Crippen LogP) is 5.40. The molecule has 6 aliphatic rings. The molecule has 6 aliphatic carbocycles. The molecule has 6 rings (SSSR count). The van der Waals surface area contributed by atoms with E-state index in [-0.39, 0.29) is 80.2 Å². The van der Waals surface area contributed by atoms with Gasteiger partial charge in [-0.1, -0.05) is 0 Å². The maximum Gasteiger partial charge on any atom is 0.307 e. The SMILES string of the molecule is O=C(O)C1CCC(C(=O)O)C(C(=O)NC2CCC(OC3CCC(OC4CCC(OC5CCC(C(NO)C6CC(C(=O)O)CCC6C(=O)O)CC5)CC4)CC3)CC2)C1. The summed E-state index contributed by atoms with van der Waals surface area (Å²) in [6, 6.07) is -0.510. The quantitative estimate of drug-likeness (QED) is 0.103. The fourth-order valence-electron chi connectivity index (χ4n) is 11.3. The number of carbonyl (C=O) groups excluding carboxylic acids is 1. The van der Waals surface area contributed by atoms with E-state index in [1.807, 2.05) is 0 Å². The number of nitrogens with one attached hydrogen (secondary N) is 2. The predicted molar refractivity (Wildman–Crippen MR) is 203 cm³/mol. The summed E-state index contributed by atoms with van der Waals surface area (Å²) < 4.78 is 19.7. The van der Waals surface area contributed by atoms with Crippen molar-refractivity contribution in [2.24, 2.45) is 41.4 Å². The van der Waals surface area contributed by atoms with E-state index in [0.717, 1.165) is 103 Å². The molecule has 6 fully saturated rings. The molecule has 0 saturated heterocycles. The molecule has 0 spiro atoms. The van der Waals surface area contributed by atoms with Crippen LogP contribution in [0.4, 0.5) is 0 Å². The fraction of sp³-hybridized carbons (Fsp3) is 0.881. The van der Waals surface area contributed by atoms with Crippen LogP contribution in [0.1, 0.15) is 141 Å². The van der Waals surface area contributed by atoms with Gasteiger partial charge in [-0.25, -0.2) is 5.48 Å². The van der Waals surface area contributed by atoms with Gasteiger partial charge in [0.1, 0.15) is 0 Å². The van der Waals surface area contributed by atoms with Gasteiger partial charge in [0.25, 0.3) is 0 Å². The molecular formula is C42H66N2O13. The second kappa shape index (κ2) is 20.4. The van der Waals surface area contributed by atoms with Crippen LogP contribution >= 0.6 is 0 Å². The van der Waals surface area contributed by atoms with Crippen molar-refractivity contribution in [2.75, 3.05) is 0 Å². The van der Waals surface area contributed by atoms with E-state index in [4.69, 9.17) is 14.2 Å². The van der Waals surface area contributed by atoms with Crippen LogP contribution in [0.25, 0.3) is 0 Å². The summed E-state index contributed by atoms with van der Waals surface area (Å²) >= 11 is 0. The third-order valence-electron chi connectivity index (χ3n) is 14.7. The van der Waals surface area contributed by atoms with Crippen LogP contribution in [0.2, 0.25) is 0 Å². The van der Waals surface area contributed by atoms with Gasteiger partial charge in [-0.05, 0) is 153 Å². The minimum absolute atomic E-state index is 0.0584. The first-order valence-corrected chi connectivity index (χ1v) is 22.0. The number of carboxylic acids is 4. The van der Waals surface area contributed by atoms with E-state index in [9.17, 15) is 49.6 Å². The molecule has 7 atom stereocenters. The van der Waals surface area contributed by atoms with Gasteiger partial charge in [-0.2, -0.15) is 0 Å². The first kappa shape index (κ1) is 43.7. The van der Waals surface area contributed by atoms with E-state index >= 15 is 0 Å². The molecule has 0 radical (unpaired) electrons. The molecule has 0 aromatic rings. The Morgan fingerprint density at radius 2 is 0.825 bits per heavy atom. The molecule has 7 N–H and O–H groups in total. The Balaban J connectivity index is 0.837. The highest BCUT2D eigenvalue weighted by Gasteiger charge is 2.45. The second-order valence-electron chi connectivity index (χ2n) is 18.2.